The van der Waals surface area contributed by atoms with E-state index in [-0.39, 0.29) is 0 Å². The quantitative estimate of drug-likeness (QED) is 0.819. The van der Waals surface area contributed by atoms with E-state index in [4.69, 9.17) is 5.73 Å². The van der Waals surface area contributed by atoms with E-state index < -0.39 is 0 Å². The highest BCUT2D eigenvalue weighted by molar-refractivity contribution is 5.00. The molecule has 0 radical (unpaired) electrons. The molecule has 0 aromatic carbocycles. The summed E-state index contributed by atoms with van der Waals surface area (Å²) in [5.74, 6) is 0.873. The number of nitrogens with zero attached hydrogens (tertiary/aromatic N) is 1. The van der Waals surface area contributed by atoms with Crippen molar-refractivity contribution in [2.75, 3.05) is 19.6 Å². The van der Waals surface area contributed by atoms with Gasteiger partial charge in [0.1, 0.15) is 0 Å². The molecule has 0 aromatic heterocycles. The standard InChI is InChI=1S/C15H30N2/c1-4-14(3)7-9-17(10-8-14)15(12-16)6-5-13(2)11-15/h13H,4-12,16H2,1-3H3. The van der Waals surface area contributed by atoms with Crippen LogP contribution in [0.1, 0.15) is 59.3 Å². The summed E-state index contributed by atoms with van der Waals surface area (Å²) in [5.41, 5.74) is 7.07. The van der Waals surface area contributed by atoms with Crippen LogP contribution in [0.2, 0.25) is 0 Å². The monoisotopic (exact) mass is 238 g/mol. The molecule has 1 aliphatic carbocycles. The number of rotatable bonds is 3. The molecule has 2 atom stereocenters. The lowest BCUT2D eigenvalue weighted by molar-refractivity contribution is 0.0263. The molecular formula is C15H30N2. The smallest absolute Gasteiger partial charge is 0.0334 e. The predicted molar refractivity (Wildman–Crippen MR) is 74.0 cm³/mol. The molecule has 2 aliphatic rings. The number of piperidine rings is 1. The third-order valence-corrected chi connectivity index (χ3v) is 5.71. The molecule has 17 heavy (non-hydrogen) atoms. The maximum absolute atomic E-state index is 6.12. The lowest BCUT2D eigenvalue weighted by Crippen LogP contribution is -2.56. The Morgan fingerprint density at radius 3 is 2.29 bits per heavy atom. The first kappa shape index (κ1) is 13.4. The van der Waals surface area contributed by atoms with Crippen molar-refractivity contribution in [3.8, 4) is 0 Å². The second-order valence-corrected chi connectivity index (χ2v) is 6.93. The number of hydrogen-bond donors (Lipinski definition) is 1. The first-order valence-corrected chi connectivity index (χ1v) is 7.49. The molecule has 100 valence electrons. The molecule has 2 rings (SSSR count). The summed E-state index contributed by atoms with van der Waals surface area (Å²) in [6, 6.07) is 0. The van der Waals surface area contributed by atoms with E-state index in [1.54, 1.807) is 0 Å². The summed E-state index contributed by atoms with van der Waals surface area (Å²) >= 11 is 0. The maximum atomic E-state index is 6.12. The molecule has 2 unspecified atom stereocenters. The highest BCUT2D eigenvalue weighted by Crippen LogP contribution is 2.43. The molecule has 2 N–H and O–H groups in total. The summed E-state index contributed by atoms with van der Waals surface area (Å²) < 4.78 is 0. The second kappa shape index (κ2) is 4.89. The minimum atomic E-state index is 0.356. The Hall–Kier alpha value is -0.0800. The summed E-state index contributed by atoms with van der Waals surface area (Å²) in [5, 5.41) is 0. The van der Waals surface area contributed by atoms with Crippen molar-refractivity contribution in [1.82, 2.24) is 4.90 Å². The van der Waals surface area contributed by atoms with E-state index in [9.17, 15) is 0 Å². The van der Waals surface area contributed by atoms with Gasteiger partial charge in [0.05, 0.1) is 0 Å². The molecule has 1 saturated carbocycles. The van der Waals surface area contributed by atoms with E-state index in [1.165, 1.54) is 51.6 Å². The van der Waals surface area contributed by atoms with Crippen LogP contribution >= 0.6 is 0 Å². The summed E-state index contributed by atoms with van der Waals surface area (Å²) in [4.78, 5) is 2.73. The minimum absolute atomic E-state index is 0.356. The van der Waals surface area contributed by atoms with E-state index in [1.807, 2.05) is 0 Å². The van der Waals surface area contributed by atoms with Crippen LogP contribution in [0.25, 0.3) is 0 Å². The van der Waals surface area contributed by atoms with Crippen molar-refractivity contribution in [3.05, 3.63) is 0 Å². The van der Waals surface area contributed by atoms with Crippen molar-refractivity contribution in [3.63, 3.8) is 0 Å². The fourth-order valence-corrected chi connectivity index (χ4v) is 3.84. The molecule has 0 bridgehead atoms. The Bertz CT molecular complexity index is 256. The Morgan fingerprint density at radius 1 is 1.24 bits per heavy atom. The Labute approximate surface area is 107 Å². The van der Waals surface area contributed by atoms with Crippen LogP contribution in [0.15, 0.2) is 0 Å². The van der Waals surface area contributed by atoms with Crippen LogP contribution < -0.4 is 5.73 Å². The van der Waals surface area contributed by atoms with Crippen molar-refractivity contribution in [2.24, 2.45) is 17.1 Å². The fraction of sp³-hybridized carbons (Fsp3) is 1.00. The summed E-state index contributed by atoms with van der Waals surface area (Å²) in [7, 11) is 0. The Balaban J connectivity index is 1.99. The summed E-state index contributed by atoms with van der Waals surface area (Å²) in [6.45, 7) is 10.6. The van der Waals surface area contributed by atoms with Crippen molar-refractivity contribution < 1.29 is 0 Å². The van der Waals surface area contributed by atoms with Crippen LogP contribution in [-0.2, 0) is 0 Å². The van der Waals surface area contributed by atoms with Crippen LogP contribution in [0.3, 0.4) is 0 Å². The van der Waals surface area contributed by atoms with E-state index in [0.717, 1.165) is 12.5 Å². The molecular weight excluding hydrogens is 208 g/mol. The van der Waals surface area contributed by atoms with E-state index >= 15 is 0 Å². The molecule has 1 saturated heterocycles. The second-order valence-electron chi connectivity index (χ2n) is 6.93. The molecule has 2 heteroatoms. The summed E-state index contributed by atoms with van der Waals surface area (Å²) in [6.07, 6.45) is 8.07. The third-order valence-electron chi connectivity index (χ3n) is 5.71. The molecule has 0 amide bonds. The zero-order valence-electron chi connectivity index (χ0n) is 12.0. The van der Waals surface area contributed by atoms with Gasteiger partial charge in [-0.1, -0.05) is 27.2 Å². The molecule has 2 fully saturated rings. The van der Waals surface area contributed by atoms with Crippen LogP contribution in [0.4, 0.5) is 0 Å². The average molecular weight is 238 g/mol. The Morgan fingerprint density at radius 2 is 1.88 bits per heavy atom. The van der Waals surface area contributed by atoms with Gasteiger partial charge in [0.25, 0.3) is 0 Å². The van der Waals surface area contributed by atoms with Crippen molar-refractivity contribution in [1.29, 1.82) is 0 Å². The van der Waals surface area contributed by atoms with Crippen LogP contribution in [-0.4, -0.2) is 30.1 Å². The van der Waals surface area contributed by atoms with Gasteiger partial charge in [-0.25, -0.2) is 0 Å². The van der Waals surface area contributed by atoms with Gasteiger partial charge in [0.2, 0.25) is 0 Å². The van der Waals surface area contributed by atoms with Gasteiger partial charge < -0.3 is 5.73 Å². The van der Waals surface area contributed by atoms with Crippen molar-refractivity contribution in [2.45, 2.75) is 64.8 Å². The zero-order valence-corrected chi connectivity index (χ0v) is 12.0. The molecule has 1 heterocycles. The molecule has 2 nitrogen and oxygen atoms in total. The lowest BCUT2D eigenvalue weighted by atomic mass is 9.76. The van der Waals surface area contributed by atoms with Crippen LogP contribution in [0.5, 0.6) is 0 Å². The lowest BCUT2D eigenvalue weighted by Gasteiger charge is -2.48. The van der Waals surface area contributed by atoms with Gasteiger partial charge in [0.15, 0.2) is 0 Å². The van der Waals surface area contributed by atoms with E-state index in [0.29, 0.717) is 11.0 Å². The SMILES string of the molecule is CCC1(C)CCN(C2(CN)CCC(C)C2)CC1. The number of likely N-dealkylation sites (tertiary alicyclic amines) is 1. The largest absolute Gasteiger partial charge is 0.329 e. The Kier molecular flexibility index (Phi) is 3.84. The first-order chi connectivity index (χ1) is 8.03. The van der Waals surface area contributed by atoms with Crippen LogP contribution in [0, 0.1) is 11.3 Å². The zero-order chi connectivity index (χ0) is 12.5. The minimum Gasteiger partial charge on any atom is -0.329 e. The highest BCUT2D eigenvalue weighted by Gasteiger charge is 2.43. The number of hydrogen-bond acceptors (Lipinski definition) is 2. The topological polar surface area (TPSA) is 29.3 Å². The van der Waals surface area contributed by atoms with E-state index in [2.05, 4.69) is 25.7 Å². The fourth-order valence-electron chi connectivity index (χ4n) is 3.84. The van der Waals surface area contributed by atoms with Gasteiger partial charge in [-0.05, 0) is 56.5 Å². The van der Waals surface area contributed by atoms with Gasteiger partial charge in [-0.2, -0.15) is 0 Å². The molecule has 1 aliphatic heterocycles. The van der Waals surface area contributed by atoms with Gasteiger partial charge >= 0.3 is 0 Å². The average Bonchev–Trinajstić information content (AvgIpc) is 2.73. The normalized spacial score (nSPS) is 38.5. The molecule has 0 aromatic rings. The van der Waals surface area contributed by atoms with Gasteiger partial charge in [0, 0.05) is 12.1 Å². The first-order valence-electron chi connectivity index (χ1n) is 7.49. The van der Waals surface area contributed by atoms with Crippen molar-refractivity contribution >= 4 is 0 Å². The van der Waals surface area contributed by atoms with Gasteiger partial charge in [-0.15, -0.1) is 0 Å². The predicted octanol–water partition coefficient (Wildman–Crippen LogP) is 3.02. The highest BCUT2D eigenvalue weighted by atomic mass is 15.2. The third kappa shape index (κ3) is 2.53. The molecule has 0 spiro atoms. The number of nitrogens with two attached hydrogens (primary N) is 1. The maximum Gasteiger partial charge on any atom is 0.0334 e. The van der Waals surface area contributed by atoms with Gasteiger partial charge in [-0.3, -0.25) is 4.90 Å².